The van der Waals surface area contributed by atoms with Gasteiger partial charge in [0.2, 0.25) is 0 Å². The molecule has 27 heavy (non-hydrogen) atoms. The molecule has 0 aromatic heterocycles. The molecule has 0 aliphatic carbocycles. The number of amides is 1. The van der Waals surface area contributed by atoms with Gasteiger partial charge in [-0.1, -0.05) is 0 Å². The van der Waals surface area contributed by atoms with Crippen molar-refractivity contribution in [2.24, 2.45) is 0 Å². The molecule has 8 heteroatoms. The molecular formula is C19H24N2O5S. The van der Waals surface area contributed by atoms with E-state index >= 15 is 0 Å². The molecule has 0 atom stereocenters. The van der Waals surface area contributed by atoms with Crippen molar-refractivity contribution in [1.82, 2.24) is 5.32 Å². The highest BCUT2D eigenvalue weighted by Gasteiger charge is 2.14. The molecular weight excluding hydrogens is 368 g/mol. The van der Waals surface area contributed by atoms with Gasteiger partial charge in [0.15, 0.2) is 0 Å². The van der Waals surface area contributed by atoms with Crippen LogP contribution >= 0.6 is 0 Å². The van der Waals surface area contributed by atoms with Crippen molar-refractivity contribution in [2.45, 2.75) is 18.2 Å². The van der Waals surface area contributed by atoms with Gasteiger partial charge in [-0.3, -0.25) is 9.52 Å². The van der Waals surface area contributed by atoms with Crippen molar-refractivity contribution < 1.29 is 22.7 Å². The normalized spacial score (nSPS) is 11.0. The average Bonchev–Trinajstić information content (AvgIpc) is 2.66. The van der Waals surface area contributed by atoms with Gasteiger partial charge in [0, 0.05) is 31.5 Å². The van der Waals surface area contributed by atoms with Gasteiger partial charge in [0.1, 0.15) is 5.75 Å². The number of nitrogens with one attached hydrogen (secondary N) is 2. The van der Waals surface area contributed by atoms with Crippen molar-refractivity contribution in [3.63, 3.8) is 0 Å². The van der Waals surface area contributed by atoms with Crippen molar-refractivity contribution in [3.8, 4) is 5.75 Å². The van der Waals surface area contributed by atoms with E-state index in [1.54, 1.807) is 43.5 Å². The number of anilines is 1. The summed E-state index contributed by atoms with van der Waals surface area (Å²) in [7, 11) is -2.11. The first-order valence-corrected chi connectivity index (χ1v) is 10.1. The van der Waals surface area contributed by atoms with E-state index in [0.29, 0.717) is 36.8 Å². The van der Waals surface area contributed by atoms with Crippen LogP contribution in [0.1, 0.15) is 23.7 Å². The topological polar surface area (TPSA) is 93.7 Å². The van der Waals surface area contributed by atoms with Crippen LogP contribution in [-0.4, -0.2) is 41.2 Å². The van der Waals surface area contributed by atoms with E-state index < -0.39 is 10.0 Å². The van der Waals surface area contributed by atoms with Crippen LogP contribution in [0.15, 0.2) is 53.4 Å². The van der Waals surface area contributed by atoms with Gasteiger partial charge in [0.25, 0.3) is 15.9 Å². The van der Waals surface area contributed by atoms with Crippen LogP contribution in [-0.2, 0) is 14.8 Å². The molecule has 2 aromatic rings. The Morgan fingerprint density at radius 2 is 1.70 bits per heavy atom. The molecule has 0 saturated heterocycles. The summed E-state index contributed by atoms with van der Waals surface area (Å²) in [5.41, 5.74) is 0.830. The van der Waals surface area contributed by atoms with Crippen molar-refractivity contribution in [3.05, 3.63) is 54.1 Å². The van der Waals surface area contributed by atoms with E-state index in [9.17, 15) is 13.2 Å². The molecule has 0 fully saturated rings. The summed E-state index contributed by atoms with van der Waals surface area (Å²) >= 11 is 0. The van der Waals surface area contributed by atoms with Gasteiger partial charge >= 0.3 is 0 Å². The number of carbonyl (C=O) groups excluding carboxylic acids is 1. The smallest absolute Gasteiger partial charge is 0.261 e. The van der Waals surface area contributed by atoms with Crippen LogP contribution in [0.25, 0.3) is 0 Å². The molecule has 0 saturated carbocycles. The summed E-state index contributed by atoms with van der Waals surface area (Å²) in [6.45, 7) is 3.46. The Morgan fingerprint density at radius 3 is 2.30 bits per heavy atom. The Hall–Kier alpha value is -2.58. The number of ether oxygens (including phenoxy) is 2. The molecule has 0 radical (unpaired) electrons. The number of rotatable bonds is 10. The molecule has 0 spiro atoms. The number of methoxy groups -OCH3 is 1. The maximum Gasteiger partial charge on any atom is 0.261 e. The average molecular weight is 392 g/mol. The molecule has 0 unspecified atom stereocenters. The minimum Gasteiger partial charge on any atom is -0.494 e. The molecule has 7 nitrogen and oxygen atoms in total. The summed E-state index contributed by atoms with van der Waals surface area (Å²) < 4.78 is 37.6. The van der Waals surface area contributed by atoms with E-state index in [1.807, 2.05) is 6.92 Å². The van der Waals surface area contributed by atoms with E-state index in [2.05, 4.69) is 10.0 Å². The van der Waals surface area contributed by atoms with Crippen LogP contribution in [0.4, 0.5) is 5.69 Å². The second kappa shape index (κ2) is 9.94. The number of hydrogen-bond donors (Lipinski definition) is 2. The van der Waals surface area contributed by atoms with Crippen molar-refractivity contribution in [1.29, 1.82) is 0 Å². The van der Waals surface area contributed by atoms with Gasteiger partial charge in [-0.2, -0.15) is 0 Å². The van der Waals surface area contributed by atoms with Gasteiger partial charge < -0.3 is 14.8 Å². The Morgan fingerprint density at radius 1 is 1.04 bits per heavy atom. The first-order chi connectivity index (χ1) is 13.0. The molecule has 2 rings (SSSR count). The quantitative estimate of drug-likeness (QED) is 0.606. The Balaban J connectivity index is 1.99. The SMILES string of the molecule is CCOc1ccc(S(=O)(=O)Nc2ccc(C(=O)NCCCOC)cc2)cc1. The summed E-state index contributed by atoms with van der Waals surface area (Å²) in [5.74, 6) is 0.393. The first kappa shape index (κ1) is 20.7. The molecule has 0 heterocycles. The van der Waals surface area contributed by atoms with Gasteiger partial charge in [-0.05, 0) is 61.9 Å². The van der Waals surface area contributed by atoms with Gasteiger partial charge in [-0.25, -0.2) is 8.42 Å². The number of carbonyl (C=O) groups is 1. The lowest BCUT2D eigenvalue weighted by molar-refractivity contribution is 0.0948. The number of benzene rings is 2. The molecule has 0 bridgehead atoms. The standard InChI is InChI=1S/C19H24N2O5S/c1-3-26-17-9-11-18(12-10-17)27(23,24)21-16-7-5-15(6-8-16)19(22)20-13-4-14-25-2/h5-12,21H,3-4,13-14H2,1-2H3,(H,20,22). The molecule has 1 amide bonds. The third-order valence-electron chi connectivity index (χ3n) is 3.66. The lowest BCUT2D eigenvalue weighted by Gasteiger charge is -2.10. The number of sulfonamides is 1. The zero-order chi connectivity index (χ0) is 19.7. The summed E-state index contributed by atoms with van der Waals surface area (Å²) in [4.78, 5) is 12.1. The van der Waals surface area contributed by atoms with Crippen LogP contribution in [0, 0.1) is 0 Å². The predicted octanol–water partition coefficient (Wildman–Crippen LogP) is 2.65. The second-order valence-electron chi connectivity index (χ2n) is 5.69. The molecule has 2 aromatic carbocycles. The highest BCUT2D eigenvalue weighted by atomic mass is 32.2. The third kappa shape index (κ3) is 6.26. The van der Waals surface area contributed by atoms with E-state index in [4.69, 9.17) is 9.47 Å². The lowest BCUT2D eigenvalue weighted by Crippen LogP contribution is -2.25. The number of hydrogen-bond acceptors (Lipinski definition) is 5. The minimum atomic E-state index is -3.72. The van der Waals surface area contributed by atoms with Gasteiger partial charge in [-0.15, -0.1) is 0 Å². The van der Waals surface area contributed by atoms with Gasteiger partial charge in [0.05, 0.1) is 11.5 Å². The maximum atomic E-state index is 12.4. The highest BCUT2D eigenvalue weighted by Crippen LogP contribution is 2.19. The highest BCUT2D eigenvalue weighted by molar-refractivity contribution is 7.92. The Bertz CT molecular complexity index is 833. The molecule has 0 aliphatic rings. The lowest BCUT2D eigenvalue weighted by atomic mass is 10.2. The minimum absolute atomic E-state index is 0.130. The summed E-state index contributed by atoms with van der Waals surface area (Å²) in [5, 5.41) is 2.77. The predicted molar refractivity (Wildman–Crippen MR) is 104 cm³/mol. The Labute approximate surface area is 159 Å². The molecule has 146 valence electrons. The monoisotopic (exact) mass is 392 g/mol. The Kier molecular flexibility index (Phi) is 7.63. The fraction of sp³-hybridized carbons (Fsp3) is 0.316. The largest absolute Gasteiger partial charge is 0.494 e. The van der Waals surface area contributed by atoms with E-state index in [-0.39, 0.29) is 10.8 Å². The molecule has 0 aliphatic heterocycles. The van der Waals surface area contributed by atoms with Crippen LogP contribution in [0.2, 0.25) is 0 Å². The molecule has 2 N–H and O–H groups in total. The van der Waals surface area contributed by atoms with Crippen LogP contribution < -0.4 is 14.8 Å². The first-order valence-electron chi connectivity index (χ1n) is 8.59. The zero-order valence-electron chi connectivity index (χ0n) is 15.4. The van der Waals surface area contributed by atoms with Crippen molar-refractivity contribution in [2.75, 3.05) is 31.6 Å². The fourth-order valence-electron chi connectivity index (χ4n) is 2.31. The van der Waals surface area contributed by atoms with Crippen LogP contribution in [0.3, 0.4) is 0 Å². The fourth-order valence-corrected chi connectivity index (χ4v) is 3.36. The van der Waals surface area contributed by atoms with E-state index in [1.165, 1.54) is 12.1 Å². The summed E-state index contributed by atoms with van der Waals surface area (Å²) in [6.07, 6.45) is 0.724. The van der Waals surface area contributed by atoms with Crippen molar-refractivity contribution >= 4 is 21.6 Å². The maximum absolute atomic E-state index is 12.4. The second-order valence-corrected chi connectivity index (χ2v) is 7.37. The van der Waals surface area contributed by atoms with E-state index in [0.717, 1.165) is 6.42 Å². The zero-order valence-corrected chi connectivity index (χ0v) is 16.2. The summed E-state index contributed by atoms with van der Waals surface area (Å²) in [6, 6.07) is 12.4. The van der Waals surface area contributed by atoms with Crippen LogP contribution in [0.5, 0.6) is 5.75 Å². The third-order valence-corrected chi connectivity index (χ3v) is 5.05.